The van der Waals surface area contributed by atoms with Crippen LogP contribution in [0.3, 0.4) is 0 Å². The number of aliphatic hydroxyl groups is 1. The maximum Gasteiger partial charge on any atom is 0.311 e. The second-order valence-electron chi connectivity index (χ2n) is 7.99. The number of hydrogen-bond acceptors (Lipinski definition) is 5. The van der Waals surface area contributed by atoms with Gasteiger partial charge in [0.25, 0.3) is 5.56 Å². The first-order valence-electron chi connectivity index (χ1n) is 9.88. The lowest BCUT2D eigenvalue weighted by atomic mass is 9.87. The molecule has 1 saturated heterocycles. The van der Waals surface area contributed by atoms with E-state index in [-0.39, 0.29) is 24.6 Å². The van der Waals surface area contributed by atoms with E-state index < -0.39 is 29.9 Å². The summed E-state index contributed by atoms with van der Waals surface area (Å²) in [4.78, 5) is 40.4. The van der Waals surface area contributed by atoms with E-state index in [1.54, 1.807) is 27.7 Å². The average Bonchev–Trinajstić information content (AvgIpc) is 3.46. The van der Waals surface area contributed by atoms with Gasteiger partial charge in [-0.3, -0.25) is 14.4 Å². The topological polar surface area (TPSA) is 88.8 Å². The summed E-state index contributed by atoms with van der Waals surface area (Å²) >= 11 is 0. The number of fused-ring (bicyclic) bond motifs is 4. The van der Waals surface area contributed by atoms with Gasteiger partial charge in [0.2, 0.25) is 5.91 Å². The van der Waals surface area contributed by atoms with E-state index in [9.17, 15) is 19.5 Å². The lowest BCUT2D eigenvalue weighted by molar-refractivity contribution is -0.148. The lowest BCUT2D eigenvalue weighted by Crippen LogP contribution is -2.49. The van der Waals surface area contributed by atoms with Crippen LogP contribution >= 0.6 is 0 Å². The minimum Gasteiger partial charge on any atom is -0.469 e. The number of methoxy groups -OCH3 is 1. The van der Waals surface area contributed by atoms with Crippen LogP contribution in [0.2, 0.25) is 0 Å². The monoisotopic (exact) mass is 386 g/mol. The summed E-state index contributed by atoms with van der Waals surface area (Å²) in [5.41, 5.74) is 1.07. The number of carbonyl (C=O) groups is 2. The van der Waals surface area contributed by atoms with Crippen molar-refractivity contribution in [1.82, 2.24) is 9.47 Å². The standard InChI is InChI=1S/C21H26N2O5/c1-3-4-13-7-8-15-19-18(21(27)28-2)14(11-24)16(10-22(15)20(13)26)23(19)17(25)9-12-5-6-12/h3-4,7-8,12,14,16,18-19,24H,5-6,9-11H2,1-2H3/b4-3-/t14-,16-,18+,19+/m1/s1. The average molecular weight is 386 g/mol. The Kier molecular flexibility index (Phi) is 4.87. The smallest absolute Gasteiger partial charge is 0.311 e. The van der Waals surface area contributed by atoms with Gasteiger partial charge in [-0.05, 0) is 37.8 Å². The number of esters is 1. The van der Waals surface area contributed by atoms with Crippen molar-refractivity contribution in [2.45, 2.75) is 44.8 Å². The van der Waals surface area contributed by atoms with Gasteiger partial charge >= 0.3 is 5.97 Å². The minimum atomic E-state index is -0.677. The molecule has 150 valence electrons. The molecule has 1 aromatic heterocycles. The Hall–Kier alpha value is -2.41. The van der Waals surface area contributed by atoms with Crippen LogP contribution in [-0.4, -0.2) is 46.2 Å². The highest BCUT2D eigenvalue weighted by atomic mass is 16.5. The summed E-state index contributed by atoms with van der Waals surface area (Å²) in [5, 5.41) is 10.1. The third kappa shape index (κ3) is 2.89. The quantitative estimate of drug-likeness (QED) is 0.772. The molecule has 2 bridgehead atoms. The summed E-state index contributed by atoms with van der Waals surface area (Å²) in [5.74, 6) is -1.17. The number of aromatic nitrogens is 1. The van der Waals surface area contributed by atoms with E-state index in [0.29, 0.717) is 23.6 Å². The molecule has 1 aromatic rings. The number of pyridine rings is 1. The van der Waals surface area contributed by atoms with Crippen LogP contribution in [0.25, 0.3) is 6.08 Å². The first kappa shape index (κ1) is 18.9. The number of amides is 1. The Balaban J connectivity index is 1.83. The molecule has 2 fully saturated rings. The van der Waals surface area contributed by atoms with Gasteiger partial charge in [-0.15, -0.1) is 0 Å². The molecule has 2 aliphatic heterocycles. The van der Waals surface area contributed by atoms with Gasteiger partial charge < -0.3 is 19.3 Å². The summed E-state index contributed by atoms with van der Waals surface area (Å²) in [6.07, 6.45) is 6.13. The van der Waals surface area contributed by atoms with E-state index in [2.05, 4.69) is 0 Å². The Morgan fingerprint density at radius 1 is 1.32 bits per heavy atom. The van der Waals surface area contributed by atoms with E-state index in [4.69, 9.17) is 4.74 Å². The fraction of sp³-hybridized carbons (Fsp3) is 0.571. The van der Waals surface area contributed by atoms with Gasteiger partial charge in [0.05, 0.1) is 25.1 Å². The van der Waals surface area contributed by atoms with E-state index in [1.165, 1.54) is 7.11 Å². The van der Waals surface area contributed by atoms with Crippen LogP contribution in [0.4, 0.5) is 0 Å². The molecule has 4 atom stereocenters. The zero-order valence-corrected chi connectivity index (χ0v) is 16.2. The van der Waals surface area contributed by atoms with Crippen LogP contribution in [0.5, 0.6) is 0 Å². The summed E-state index contributed by atoms with van der Waals surface area (Å²) < 4.78 is 6.68. The number of aliphatic hydroxyl groups excluding tert-OH is 1. The van der Waals surface area contributed by atoms with Gasteiger partial charge in [0.1, 0.15) is 0 Å². The molecule has 0 aromatic carbocycles. The van der Waals surface area contributed by atoms with Crippen LogP contribution < -0.4 is 5.56 Å². The van der Waals surface area contributed by atoms with E-state index in [0.717, 1.165) is 12.8 Å². The number of hydrogen-bond donors (Lipinski definition) is 1. The molecule has 0 spiro atoms. The molecule has 3 aliphatic rings. The molecule has 7 heteroatoms. The Morgan fingerprint density at radius 2 is 2.07 bits per heavy atom. The van der Waals surface area contributed by atoms with Gasteiger partial charge in [-0.25, -0.2) is 0 Å². The van der Waals surface area contributed by atoms with Crippen molar-refractivity contribution in [3.05, 3.63) is 39.8 Å². The minimum absolute atomic E-state index is 0.00131. The fourth-order valence-electron chi connectivity index (χ4n) is 4.85. The lowest BCUT2D eigenvalue weighted by Gasteiger charge is -2.38. The molecule has 1 saturated carbocycles. The maximum atomic E-state index is 13.1. The summed E-state index contributed by atoms with van der Waals surface area (Å²) in [6.45, 7) is 1.89. The zero-order chi connectivity index (χ0) is 20.0. The Bertz CT molecular complexity index is 885. The molecular formula is C21H26N2O5. The number of allylic oxidation sites excluding steroid dienone is 1. The van der Waals surface area contributed by atoms with Crippen molar-refractivity contribution in [2.75, 3.05) is 13.7 Å². The highest BCUT2D eigenvalue weighted by molar-refractivity contribution is 5.82. The second kappa shape index (κ2) is 7.20. The fourth-order valence-corrected chi connectivity index (χ4v) is 4.85. The molecule has 7 nitrogen and oxygen atoms in total. The highest BCUT2D eigenvalue weighted by Gasteiger charge is 2.58. The van der Waals surface area contributed by atoms with Crippen molar-refractivity contribution < 1.29 is 19.4 Å². The molecule has 0 radical (unpaired) electrons. The molecule has 1 aliphatic carbocycles. The van der Waals surface area contributed by atoms with Gasteiger partial charge in [-0.1, -0.05) is 12.2 Å². The van der Waals surface area contributed by atoms with Gasteiger partial charge in [0, 0.05) is 36.7 Å². The number of nitrogens with zero attached hydrogens (tertiary/aromatic N) is 2. The first-order chi connectivity index (χ1) is 13.5. The SMILES string of the molecule is C/C=C\c1ccc2n(c1=O)C[C@@H]1[C@@H](CO)[C@H](C(=O)OC)[C@H]2N1C(=O)CC1CC1. The van der Waals surface area contributed by atoms with Crippen molar-refractivity contribution in [3.63, 3.8) is 0 Å². The van der Waals surface area contributed by atoms with E-state index >= 15 is 0 Å². The van der Waals surface area contributed by atoms with Crippen molar-refractivity contribution >= 4 is 18.0 Å². The predicted octanol–water partition coefficient (Wildman–Crippen LogP) is 1.34. The second-order valence-corrected chi connectivity index (χ2v) is 7.99. The zero-order valence-electron chi connectivity index (χ0n) is 16.2. The predicted molar refractivity (Wildman–Crippen MR) is 102 cm³/mol. The molecular weight excluding hydrogens is 360 g/mol. The number of ether oxygens (including phenoxy) is 1. The van der Waals surface area contributed by atoms with Gasteiger partial charge in [-0.2, -0.15) is 0 Å². The molecule has 28 heavy (non-hydrogen) atoms. The maximum absolute atomic E-state index is 13.1. The van der Waals surface area contributed by atoms with Crippen LogP contribution in [-0.2, 0) is 20.9 Å². The molecule has 0 unspecified atom stereocenters. The van der Waals surface area contributed by atoms with Crippen LogP contribution in [0.1, 0.15) is 43.5 Å². The molecule has 4 rings (SSSR count). The summed E-state index contributed by atoms with van der Waals surface area (Å²) in [7, 11) is 1.32. The Labute approximate surface area is 163 Å². The number of carbonyl (C=O) groups excluding carboxylic acids is 2. The van der Waals surface area contributed by atoms with Crippen molar-refractivity contribution in [2.24, 2.45) is 17.8 Å². The third-order valence-corrected chi connectivity index (χ3v) is 6.34. The van der Waals surface area contributed by atoms with Crippen LogP contribution in [0, 0.1) is 17.8 Å². The number of rotatable bonds is 5. The van der Waals surface area contributed by atoms with E-state index in [1.807, 2.05) is 13.0 Å². The molecule has 1 amide bonds. The highest BCUT2D eigenvalue weighted by Crippen LogP contribution is 2.49. The van der Waals surface area contributed by atoms with Crippen molar-refractivity contribution in [3.8, 4) is 0 Å². The third-order valence-electron chi connectivity index (χ3n) is 6.34. The molecule has 1 N–H and O–H groups in total. The Morgan fingerprint density at radius 3 is 2.68 bits per heavy atom. The summed E-state index contributed by atoms with van der Waals surface area (Å²) in [6, 6.07) is 2.59. The van der Waals surface area contributed by atoms with Crippen molar-refractivity contribution in [1.29, 1.82) is 0 Å². The first-order valence-corrected chi connectivity index (χ1v) is 9.88. The normalized spacial score (nSPS) is 28.5. The van der Waals surface area contributed by atoms with Crippen LogP contribution in [0.15, 0.2) is 23.0 Å². The largest absolute Gasteiger partial charge is 0.469 e. The molecule has 3 heterocycles. The van der Waals surface area contributed by atoms with Gasteiger partial charge in [0.15, 0.2) is 0 Å².